The maximum atomic E-state index is 12.9. The lowest BCUT2D eigenvalue weighted by Gasteiger charge is -2.14. The number of fused-ring (bicyclic) bond motifs is 1. The summed E-state index contributed by atoms with van der Waals surface area (Å²) in [4.78, 5) is 38.0. The SMILES string of the molecule is COc1cc(C(=O)NCC(=O)N/N=C\c2c(OC(=O)c3ccc(Cl)cc3Cl)ccc3ccccc23)cc(OC)c1OC. The summed E-state index contributed by atoms with van der Waals surface area (Å²) in [5.41, 5.74) is 3.13. The molecule has 0 spiro atoms. The van der Waals surface area contributed by atoms with Gasteiger partial charge in [0.25, 0.3) is 11.8 Å². The van der Waals surface area contributed by atoms with E-state index < -0.39 is 17.8 Å². The molecule has 42 heavy (non-hydrogen) atoms. The molecule has 4 aromatic carbocycles. The summed E-state index contributed by atoms with van der Waals surface area (Å²) in [6.45, 7) is -0.376. The molecule has 12 heteroatoms. The Bertz CT molecular complexity index is 1670. The van der Waals surface area contributed by atoms with E-state index in [0.717, 1.165) is 10.8 Å². The van der Waals surface area contributed by atoms with Crippen molar-refractivity contribution in [2.45, 2.75) is 0 Å². The standard InChI is InChI=1S/C30H25Cl2N3O7/c1-39-25-12-18(13-26(40-2)28(25)41-3)29(37)33-16-27(36)35-34-15-22-20-7-5-4-6-17(20)8-11-24(22)42-30(38)21-10-9-19(31)14-23(21)32/h4-15H,16H2,1-3H3,(H,33,37)(H,35,36)/b34-15-. The monoisotopic (exact) mass is 609 g/mol. The molecule has 10 nitrogen and oxygen atoms in total. The number of nitrogens with zero attached hydrogens (tertiary/aromatic N) is 1. The van der Waals surface area contributed by atoms with E-state index in [1.54, 1.807) is 12.1 Å². The molecular formula is C30H25Cl2N3O7. The Balaban J connectivity index is 1.47. The molecule has 0 radical (unpaired) electrons. The second-order valence-corrected chi connectivity index (χ2v) is 9.45. The molecule has 0 fully saturated rings. The molecular weight excluding hydrogens is 585 g/mol. The number of nitrogens with one attached hydrogen (secondary N) is 2. The molecule has 0 heterocycles. The molecule has 0 unspecified atom stereocenters. The zero-order valence-corrected chi connectivity index (χ0v) is 24.2. The average Bonchev–Trinajstić information content (AvgIpc) is 2.99. The summed E-state index contributed by atoms with van der Waals surface area (Å²) in [5, 5.41) is 8.63. The van der Waals surface area contributed by atoms with Crippen molar-refractivity contribution in [3.8, 4) is 23.0 Å². The Labute approximate surface area is 251 Å². The van der Waals surface area contributed by atoms with Crippen LogP contribution in [0.4, 0.5) is 0 Å². The maximum absolute atomic E-state index is 12.9. The third-order valence-electron chi connectivity index (χ3n) is 6.00. The van der Waals surface area contributed by atoms with Crippen molar-refractivity contribution in [2.24, 2.45) is 5.10 Å². The Hall–Kier alpha value is -4.80. The van der Waals surface area contributed by atoms with E-state index in [9.17, 15) is 14.4 Å². The van der Waals surface area contributed by atoms with Gasteiger partial charge in [0.2, 0.25) is 5.75 Å². The molecule has 4 rings (SSSR count). The quantitative estimate of drug-likeness (QED) is 0.109. The fraction of sp³-hybridized carbons (Fsp3) is 0.133. The highest BCUT2D eigenvalue weighted by Crippen LogP contribution is 2.38. The number of ether oxygens (including phenoxy) is 4. The number of hydrogen-bond donors (Lipinski definition) is 2. The molecule has 0 aliphatic rings. The van der Waals surface area contributed by atoms with Gasteiger partial charge in [0.15, 0.2) is 11.5 Å². The molecule has 0 bridgehead atoms. The molecule has 216 valence electrons. The van der Waals surface area contributed by atoms with Crippen molar-refractivity contribution < 1.29 is 33.3 Å². The van der Waals surface area contributed by atoms with Crippen LogP contribution in [0.1, 0.15) is 26.3 Å². The first kappa shape index (κ1) is 30.2. The predicted octanol–water partition coefficient (Wildman–Crippen LogP) is 5.27. The Morgan fingerprint density at radius 1 is 0.857 bits per heavy atom. The number of amides is 2. The highest BCUT2D eigenvalue weighted by molar-refractivity contribution is 6.36. The van der Waals surface area contributed by atoms with Crippen LogP contribution in [0.25, 0.3) is 10.8 Å². The van der Waals surface area contributed by atoms with Crippen molar-refractivity contribution >= 4 is 58.0 Å². The molecule has 0 aliphatic heterocycles. The van der Waals surface area contributed by atoms with E-state index in [1.165, 1.54) is 57.9 Å². The maximum Gasteiger partial charge on any atom is 0.345 e. The van der Waals surface area contributed by atoms with Gasteiger partial charge in [-0.3, -0.25) is 9.59 Å². The van der Waals surface area contributed by atoms with Gasteiger partial charge in [-0.05, 0) is 47.2 Å². The van der Waals surface area contributed by atoms with Crippen molar-refractivity contribution in [1.82, 2.24) is 10.7 Å². The fourth-order valence-electron chi connectivity index (χ4n) is 3.99. The van der Waals surface area contributed by atoms with E-state index >= 15 is 0 Å². The number of esters is 1. The highest BCUT2D eigenvalue weighted by Gasteiger charge is 2.18. The molecule has 0 aromatic heterocycles. The number of methoxy groups -OCH3 is 3. The molecule has 4 aromatic rings. The normalized spacial score (nSPS) is 10.8. The number of carbonyl (C=O) groups is 3. The summed E-state index contributed by atoms with van der Waals surface area (Å²) in [6, 6.07) is 18.2. The topological polar surface area (TPSA) is 125 Å². The number of carbonyl (C=O) groups excluding carboxylic acids is 3. The van der Waals surface area contributed by atoms with E-state index in [4.69, 9.17) is 42.1 Å². The van der Waals surface area contributed by atoms with Gasteiger partial charge in [-0.15, -0.1) is 0 Å². The first-order valence-electron chi connectivity index (χ1n) is 12.3. The minimum atomic E-state index is -0.694. The van der Waals surface area contributed by atoms with Gasteiger partial charge in [-0.2, -0.15) is 5.10 Å². The highest BCUT2D eigenvalue weighted by atomic mass is 35.5. The van der Waals surface area contributed by atoms with Gasteiger partial charge in [0.05, 0.1) is 44.7 Å². The van der Waals surface area contributed by atoms with E-state index in [2.05, 4.69) is 15.8 Å². The van der Waals surface area contributed by atoms with Gasteiger partial charge in [-0.1, -0.05) is 53.5 Å². The first-order chi connectivity index (χ1) is 20.2. The number of halogens is 2. The zero-order valence-electron chi connectivity index (χ0n) is 22.7. The summed E-state index contributed by atoms with van der Waals surface area (Å²) in [7, 11) is 4.31. The summed E-state index contributed by atoms with van der Waals surface area (Å²) < 4.78 is 21.4. The summed E-state index contributed by atoms with van der Waals surface area (Å²) >= 11 is 12.1. The number of hydrazone groups is 1. The second kappa shape index (κ2) is 13.7. The molecule has 2 amide bonds. The van der Waals surface area contributed by atoms with Gasteiger partial charge >= 0.3 is 5.97 Å². The molecule has 2 N–H and O–H groups in total. The van der Waals surface area contributed by atoms with E-state index in [1.807, 2.05) is 24.3 Å². The molecule has 0 saturated carbocycles. The lowest BCUT2D eigenvalue weighted by molar-refractivity contribution is -0.120. The van der Waals surface area contributed by atoms with Crippen LogP contribution in [0.2, 0.25) is 10.0 Å². The number of rotatable bonds is 10. The predicted molar refractivity (Wildman–Crippen MR) is 160 cm³/mol. The minimum Gasteiger partial charge on any atom is -0.493 e. The van der Waals surface area contributed by atoms with Crippen molar-refractivity contribution in [2.75, 3.05) is 27.9 Å². The minimum absolute atomic E-state index is 0.133. The van der Waals surface area contributed by atoms with Gasteiger partial charge in [-0.25, -0.2) is 10.2 Å². The number of benzene rings is 4. The second-order valence-electron chi connectivity index (χ2n) is 8.60. The van der Waals surface area contributed by atoms with Crippen LogP contribution in [0.5, 0.6) is 23.0 Å². The smallest absolute Gasteiger partial charge is 0.345 e. The van der Waals surface area contributed by atoms with Crippen LogP contribution < -0.4 is 29.7 Å². The summed E-state index contributed by atoms with van der Waals surface area (Å²) in [5.74, 6) is -0.727. The van der Waals surface area contributed by atoms with Gasteiger partial charge < -0.3 is 24.3 Å². The van der Waals surface area contributed by atoms with Crippen LogP contribution in [0.15, 0.2) is 71.8 Å². The van der Waals surface area contributed by atoms with Gasteiger partial charge in [0, 0.05) is 16.1 Å². The lowest BCUT2D eigenvalue weighted by atomic mass is 10.0. The van der Waals surface area contributed by atoms with E-state index in [-0.39, 0.29) is 28.4 Å². The van der Waals surface area contributed by atoms with Gasteiger partial charge in [0.1, 0.15) is 5.75 Å². The van der Waals surface area contributed by atoms with Crippen molar-refractivity contribution in [3.63, 3.8) is 0 Å². The third kappa shape index (κ3) is 6.91. The largest absolute Gasteiger partial charge is 0.493 e. The zero-order chi connectivity index (χ0) is 30.2. The Morgan fingerprint density at radius 3 is 2.24 bits per heavy atom. The average molecular weight is 610 g/mol. The van der Waals surface area contributed by atoms with Crippen molar-refractivity contribution in [1.29, 1.82) is 0 Å². The first-order valence-corrected chi connectivity index (χ1v) is 13.1. The molecule has 0 saturated heterocycles. The van der Waals surface area contributed by atoms with Crippen LogP contribution in [-0.4, -0.2) is 51.9 Å². The molecule has 0 aliphatic carbocycles. The fourth-order valence-corrected chi connectivity index (χ4v) is 4.48. The van der Waals surface area contributed by atoms with Crippen LogP contribution in [0, 0.1) is 0 Å². The van der Waals surface area contributed by atoms with Crippen LogP contribution in [0.3, 0.4) is 0 Å². The third-order valence-corrected chi connectivity index (χ3v) is 6.55. The van der Waals surface area contributed by atoms with Crippen LogP contribution in [-0.2, 0) is 4.79 Å². The Morgan fingerprint density at radius 2 is 1.57 bits per heavy atom. The molecule has 0 atom stereocenters. The Kier molecular flexibility index (Phi) is 9.85. The van der Waals surface area contributed by atoms with E-state index in [0.29, 0.717) is 27.8 Å². The summed E-state index contributed by atoms with van der Waals surface area (Å²) in [6.07, 6.45) is 1.35. The lowest BCUT2D eigenvalue weighted by Crippen LogP contribution is -2.35. The van der Waals surface area contributed by atoms with Crippen molar-refractivity contribution in [3.05, 3.63) is 93.5 Å². The van der Waals surface area contributed by atoms with Crippen LogP contribution >= 0.6 is 23.2 Å². The number of hydrogen-bond acceptors (Lipinski definition) is 8.